The molecule has 1 fully saturated rings. The van der Waals surface area contributed by atoms with Gasteiger partial charge in [-0.2, -0.15) is 5.26 Å². The maximum atomic E-state index is 11.0. The lowest BCUT2D eigenvalue weighted by molar-refractivity contribution is -0.387. The third-order valence-electron chi connectivity index (χ3n) is 3.19. The molecule has 0 radical (unpaired) electrons. The molecular weight excluding hydrogens is 280 g/mol. The van der Waals surface area contributed by atoms with Crippen LogP contribution in [0.4, 0.5) is 5.69 Å². The highest BCUT2D eigenvalue weighted by atomic mass is 32.2. The smallest absolute Gasteiger partial charge is 0.258 e. The monoisotopic (exact) mass is 294 g/mol. The number of benzene rings is 1. The van der Waals surface area contributed by atoms with Gasteiger partial charge in [-0.25, -0.2) is 0 Å². The molecule has 0 bridgehead atoms. The quantitative estimate of drug-likeness (QED) is 0.472. The lowest BCUT2D eigenvalue weighted by Crippen LogP contribution is -2.23. The summed E-state index contributed by atoms with van der Waals surface area (Å²) in [4.78, 5) is 11.4. The van der Waals surface area contributed by atoms with Crippen molar-refractivity contribution in [1.29, 1.82) is 5.26 Å². The van der Waals surface area contributed by atoms with Crippen LogP contribution in [0.5, 0.6) is 0 Å². The van der Waals surface area contributed by atoms with Gasteiger partial charge in [-0.05, 0) is 30.7 Å². The summed E-state index contributed by atoms with van der Waals surface area (Å²) in [6.45, 7) is 0. The molecule has 1 aromatic rings. The summed E-state index contributed by atoms with van der Waals surface area (Å²) < 4.78 is 0. The van der Waals surface area contributed by atoms with E-state index in [0.29, 0.717) is 10.1 Å². The number of thioether (sulfide) groups is 2. The van der Waals surface area contributed by atoms with Crippen LogP contribution < -0.4 is 0 Å². The molecule has 0 N–H and O–H groups in total. The Labute approximate surface area is 120 Å². The zero-order valence-corrected chi connectivity index (χ0v) is 12.0. The van der Waals surface area contributed by atoms with Gasteiger partial charge < -0.3 is 0 Å². The number of nitro groups is 1. The predicted octanol–water partition coefficient (Wildman–Crippen LogP) is 4.21. The van der Waals surface area contributed by atoms with Crippen molar-refractivity contribution in [3.05, 3.63) is 34.4 Å². The van der Waals surface area contributed by atoms with Crippen molar-refractivity contribution in [2.45, 2.75) is 41.1 Å². The van der Waals surface area contributed by atoms with Gasteiger partial charge in [-0.15, -0.1) is 11.8 Å². The maximum Gasteiger partial charge on any atom is 0.282 e. The first-order valence-electron chi connectivity index (χ1n) is 6.17. The predicted molar refractivity (Wildman–Crippen MR) is 78.2 cm³/mol. The minimum absolute atomic E-state index is 0.166. The lowest BCUT2D eigenvalue weighted by Gasteiger charge is -2.28. The molecule has 100 valence electrons. The van der Waals surface area contributed by atoms with E-state index in [1.54, 1.807) is 23.9 Å². The van der Waals surface area contributed by atoms with Crippen LogP contribution in [0.1, 0.15) is 25.7 Å². The van der Waals surface area contributed by atoms with Crippen molar-refractivity contribution in [3.8, 4) is 5.40 Å². The van der Waals surface area contributed by atoms with Gasteiger partial charge in [0, 0.05) is 16.6 Å². The van der Waals surface area contributed by atoms with Gasteiger partial charge >= 0.3 is 0 Å². The molecule has 1 saturated carbocycles. The zero-order valence-electron chi connectivity index (χ0n) is 10.3. The molecule has 0 amide bonds. The topological polar surface area (TPSA) is 66.9 Å². The highest BCUT2D eigenvalue weighted by molar-refractivity contribution is 8.06. The van der Waals surface area contributed by atoms with Gasteiger partial charge in [0.25, 0.3) is 5.69 Å². The summed E-state index contributed by atoms with van der Waals surface area (Å²) in [5, 5.41) is 22.6. The summed E-state index contributed by atoms with van der Waals surface area (Å²) >= 11 is 2.86. The van der Waals surface area contributed by atoms with Crippen molar-refractivity contribution in [2.24, 2.45) is 0 Å². The second-order valence-electron chi connectivity index (χ2n) is 4.41. The molecule has 19 heavy (non-hydrogen) atoms. The van der Waals surface area contributed by atoms with Crippen LogP contribution in [0, 0.1) is 20.8 Å². The summed E-state index contributed by atoms with van der Waals surface area (Å²) in [6.07, 6.45) is 4.33. The van der Waals surface area contributed by atoms with E-state index >= 15 is 0 Å². The lowest BCUT2D eigenvalue weighted by atomic mass is 10.00. The Balaban J connectivity index is 2.15. The zero-order chi connectivity index (χ0) is 13.7. The highest BCUT2D eigenvalue weighted by Crippen LogP contribution is 2.41. The first-order valence-corrected chi connectivity index (χ1v) is 7.93. The number of hydrogen-bond acceptors (Lipinski definition) is 5. The second-order valence-corrected chi connectivity index (χ2v) is 6.72. The molecule has 2 rings (SSSR count). The number of nitriles is 1. The molecule has 2 atom stereocenters. The highest BCUT2D eigenvalue weighted by Gasteiger charge is 2.28. The van der Waals surface area contributed by atoms with Crippen LogP contribution in [0.2, 0.25) is 0 Å². The van der Waals surface area contributed by atoms with Crippen LogP contribution in [0.25, 0.3) is 0 Å². The fourth-order valence-corrected chi connectivity index (χ4v) is 4.63. The summed E-state index contributed by atoms with van der Waals surface area (Å²) in [6, 6.07) is 6.85. The molecule has 2 unspecified atom stereocenters. The van der Waals surface area contributed by atoms with Gasteiger partial charge in [0.15, 0.2) is 0 Å². The molecule has 0 aliphatic heterocycles. The fourth-order valence-electron chi connectivity index (χ4n) is 2.27. The van der Waals surface area contributed by atoms with Crippen molar-refractivity contribution >= 4 is 29.2 Å². The van der Waals surface area contributed by atoms with E-state index in [1.165, 1.54) is 17.8 Å². The number of nitro benzene ring substituents is 1. The Kier molecular flexibility index (Phi) is 5.11. The minimum Gasteiger partial charge on any atom is -0.258 e. The molecule has 0 aromatic heterocycles. The third kappa shape index (κ3) is 3.64. The number of para-hydroxylation sites is 1. The van der Waals surface area contributed by atoms with Gasteiger partial charge in [0.2, 0.25) is 0 Å². The van der Waals surface area contributed by atoms with Crippen molar-refractivity contribution in [1.82, 2.24) is 0 Å². The van der Waals surface area contributed by atoms with Gasteiger partial charge in [0.1, 0.15) is 5.40 Å². The normalized spacial score (nSPS) is 22.7. The minimum atomic E-state index is -0.336. The van der Waals surface area contributed by atoms with Crippen molar-refractivity contribution in [3.63, 3.8) is 0 Å². The largest absolute Gasteiger partial charge is 0.282 e. The van der Waals surface area contributed by atoms with E-state index in [1.807, 2.05) is 6.07 Å². The van der Waals surface area contributed by atoms with Crippen LogP contribution >= 0.6 is 23.5 Å². The average molecular weight is 294 g/mol. The first kappa shape index (κ1) is 14.2. The van der Waals surface area contributed by atoms with Gasteiger partial charge in [-0.1, -0.05) is 25.0 Å². The molecule has 1 aliphatic rings. The Morgan fingerprint density at radius 1 is 1.26 bits per heavy atom. The Morgan fingerprint density at radius 2 is 1.95 bits per heavy atom. The molecule has 0 heterocycles. The molecule has 1 aromatic carbocycles. The standard InChI is InChI=1S/C13H14N2O2S2/c14-9-18-12-7-3-4-8-13(12)19-11-6-2-1-5-10(11)15(16)17/h1-2,5-6,12-13H,3-4,7-8H2. The summed E-state index contributed by atoms with van der Waals surface area (Å²) in [5.74, 6) is 0. The summed E-state index contributed by atoms with van der Waals surface area (Å²) in [7, 11) is 0. The van der Waals surface area contributed by atoms with Crippen LogP contribution in [-0.4, -0.2) is 15.4 Å². The van der Waals surface area contributed by atoms with E-state index in [4.69, 9.17) is 5.26 Å². The molecule has 6 heteroatoms. The van der Waals surface area contributed by atoms with E-state index in [-0.39, 0.29) is 15.9 Å². The number of thiocyanates is 1. The summed E-state index contributed by atoms with van der Waals surface area (Å²) in [5.41, 5.74) is 0.166. The fraction of sp³-hybridized carbons (Fsp3) is 0.462. The molecule has 1 aliphatic carbocycles. The number of nitrogens with zero attached hydrogens (tertiary/aromatic N) is 2. The van der Waals surface area contributed by atoms with E-state index in [2.05, 4.69) is 5.40 Å². The van der Waals surface area contributed by atoms with E-state index in [9.17, 15) is 10.1 Å². The van der Waals surface area contributed by atoms with Crippen LogP contribution in [0.3, 0.4) is 0 Å². The SMILES string of the molecule is N#CSC1CCCCC1Sc1ccccc1[N+](=O)[O-]. The molecule has 4 nitrogen and oxygen atoms in total. The third-order valence-corrected chi connectivity index (χ3v) is 5.80. The number of hydrogen-bond donors (Lipinski definition) is 0. The van der Waals surface area contributed by atoms with Gasteiger partial charge in [0.05, 0.1) is 9.82 Å². The first-order chi connectivity index (χ1) is 9.22. The van der Waals surface area contributed by atoms with Crippen molar-refractivity contribution < 1.29 is 4.92 Å². The molecule has 0 saturated heterocycles. The van der Waals surface area contributed by atoms with Crippen molar-refractivity contribution in [2.75, 3.05) is 0 Å². The maximum absolute atomic E-state index is 11.0. The number of rotatable bonds is 4. The van der Waals surface area contributed by atoms with Crippen LogP contribution in [-0.2, 0) is 0 Å². The van der Waals surface area contributed by atoms with Crippen LogP contribution in [0.15, 0.2) is 29.2 Å². The Morgan fingerprint density at radius 3 is 2.63 bits per heavy atom. The van der Waals surface area contributed by atoms with E-state index < -0.39 is 0 Å². The van der Waals surface area contributed by atoms with E-state index in [0.717, 1.165) is 25.7 Å². The molecular formula is C13H14N2O2S2. The Bertz CT molecular complexity index is 502. The molecule has 0 spiro atoms. The average Bonchev–Trinajstić information content (AvgIpc) is 2.42. The Hall–Kier alpha value is -1.19. The second kappa shape index (κ2) is 6.83. The van der Waals surface area contributed by atoms with Gasteiger partial charge in [-0.3, -0.25) is 10.1 Å².